The number of aromatic nitrogens is 3. The van der Waals surface area contributed by atoms with Crippen LogP contribution < -0.4 is 0 Å². The van der Waals surface area contributed by atoms with Crippen LogP contribution in [0.15, 0.2) is 30.5 Å². The van der Waals surface area contributed by atoms with Gasteiger partial charge in [0.25, 0.3) is 12.3 Å². The SMILES string of the molecule is O=C(c1ccc(-c2nccc3c2nc(C(F)(F)F)n3CC(F)F)cc1F)N1CCOCC2(CC2)C1. The molecule has 1 spiro atoms. The van der Waals surface area contributed by atoms with Gasteiger partial charge < -0.3 is 14.2 Å². The van der Waals surface area contributed by atoms with Gasteiger partial charge in [-0.25, -0.2) is 18.2 Å². The maximum absolute atomic E-state index is 15.1. The molecule has 1 aliphatic heterocycles. The normalized spacial score (nSPS) is 17.9. The minimum Gasteiger partial charge on any atom is -0.379 e. The van der Waals surface area contributed by atoms with E-state index in [9.17, 15) is 26.7 Å². The van der Waals surface area contributed by atoms with Crippen LogP contribution in [0.4, 0.5) is 26.3 Å². The lowest BCUT2D eigenvalue weighted by molar-refractivity contribution is -0.147. The topological polar surface area (TPSA) is 60.2 Å². The fraction of sp³-hybridized carbons (Fsp3) is 0.435. The zero-order chi connectivity index (χ0) is 25.0. The fourth-order valence-corrected chi connectivity index (χ4v) is 4.45. The van der Waals surface area contributed by atoms with Crippen LogP contribution >= 0.6 is 0 Å². The van der Waals surface area contributed by atoms with Crippen LogP contribution in [0.2, 0.25) is 0 Å². The first-order valence-corrected chi connectivity index (χ1v) is 11.0. The maximum Gasteiger partial charge on any atom is 0.449 e. The van der Waals surface area contributed by atoms with Gasteiger partial charge in [0.2, 0.25) is 5.82 Å². The average Bonchev–Trinajstić information content (AvgIpc) is 3.51. The lowest BCUT2D eigenvalue weighted by Gasteiger charge is -2.23. The summed E-state index contributed by atoms with van der Waals surface area (Å²) in [6.45, 7) is 0.492. The average molecular weight is 498 g/mol. The summed E-state index contributed by atoms with van der Waals surface area (Å²) in [4.78, 5) is 22.1. The molecule has 3 heterocycles. The number of carbonyl (C=O) groups is 1. The van der Waals surface area contributed by atoms with Crippen LogP contribution in [0.3, 0.4) is 0 Å². The van der Waals surface area contributed by atoms with Crippen LogP contribution in [-0.4, -0.2) is 58.1 Å². The van der Waals surface area contributed by atoms with Crippen LogP contribution in [-0.2, 0) is 17.5 Å². The van der Waals surface area contributed by atoms with Crippen molar-refractivity contribution < 1.29 is 35.9 Å². The number of benzene rings is 1. The highest BCUT2D eigenvalue weighted by Crippen LogP contribution is 2.47. The lowest BCUT2D eigenvalue weighted by Crippen LogP contribution is -2.37. The number of imidazole rings is 1. The van der Waals surface area contributed by atoms with Crippen LogP contribution in [0.25, 0.3) is 22.3 Å². The number of hydrogen-bond acceptors (Lipinski definition) is 4. The lowest BCUT2D eigenvalue weighted by atomic mass is 10.0. The van der Waals surface area contributed by atoms with Gasteiger partial charge in [-0.05, 0) is 31.0 Å². The summed E-state index contributed by atoms with van der Waals surface area (Å²) >= 11 is 0. The zero-order valence-corrected chi connectivity index (χ0v) is 18.3. The van der Waals surface area contributed by atoms with E-state index in [2.05, 4.69) is 9.97 Å². The summed E-state index contributed by atoms with van der Waals surface area (Å²) < 4.78 is 87.5. The van der Waals surface area contributed by atoms with Gasteiger partial charge in [-0.1, -0.05) is 6.07 Å². The summed E-state index contributed by atoms with van der Waals surface area (Å²) in [5.41, 5.74) is -0.799. The Bertz CT molecular complexity index is 1280. The van der Waals surface area contributed by atoms with Crippen molar-refractivity contribution >= 4 is 16.9 Å². The molecule has 1 saturated heterocycles. The third-order valence-electron chi connectivity index (χ3n) is 6.40. The van der Waals surface area contributed by atoms with E-state index in [4.69, 9.17) is 4.74 Å². The first-order valence-electron chi connectivity index (χ1n) is 11.0. The molecule has 2 aromatic heterocycles. The molecule has 0 radical (unpaired) electrons. The van der Waals surface area contributed by atoms with Gasteiger partial charge in [-0.15, -0.1) is 0 Å². The van der Waals surface area contributed by atoms with Gasteiger partial charge in [0.1, 0.15) is 11.3 Å². The maximum atomic E-state index is 15.1. The second-order valence-electron chi connectivity index (χ2n) is 8.94. The number of alkyl halides is 5. The highest BCUT2D eigenvalue weighted by atomic mass is 19.4. The predicted molar refractivity (Wildman–Crippen MR) is 112 cm³/mol. The highest BCUT2D eigenvalue weighted by Gasteiger charge is 2.46. The number of pyridine rings is 1. The molecule has 2 aliphatic rings. The molecule has 1 amide bonds. The second-order valence-corrected chi connectivity index (χ2v) is 8.94. The minimum atomic E-state index is -4.98. The van der Waals surface area contributed by atoms with Gasteiger partial charge in [0.05, 0.1) is 36.5 Å². The van der Waals surface area contributed by atoms with E-state index < -0.39 is 36.7 Å². The van der Waals surface area contributed by atoms with Crippen molar-refractivity contribution in [1.82, 2.24) is 19.4 Å². The third-order valence-corrected chi connectivity index (χ3v) is 6.40. The molecule has 12 heteroatoms. The second kappa shape index (κ2) is 8.51. The molecule has 2 fully saturated rings. The van der Waals surface area contributed by atoms with Gasteiger partial charge in [0, 0.05) is 30.3 Å². The van der Waals surface area contributed by atoms with Crippen molar-refractivity contribution in [2.45, 2.75) is 32.0 Å². The minimum absolute atomic E-state index is 0.0675. The molecule has 6 nitrogen and oxygen atoms in total. The van der Waals surface area contributed by atoms with Crippen LogP contribution in [0.5, 0.6) is 0 Å². The Labute approximate surface area is 195 Å². The number of carbonyl (C=O) groups excluding carboxylic acids is 1. The number of amides is 1. The third kappa shape index (κ3) is 4.46. The molecule has 186 valence electrons. The van der Waals surface area contributed by atoms with E-state index in [0.717, 1.165) is 31.2 Å². The number of fused-ring (bicyclic) bond motifs is 1. The molecule has 3 aromatic rings. The first kappa shape index (κ1) is 23.6. The summed E-state index contributed by atoms with van der Waals surface area (Å²) in [7, 11) is 0. The van der Waals surface area contributed by atoms with Gasteiger partial charge in [0.15, 0.2) is 0 Å². The van der Waals surface area contributed by atoms with Crippen LogP contribution in [0.1, 0.15) is 29.0 Å². The van der Waals surface area contributed by atoms with Crippen LogP contribution in [0, 0.1) is 11.2 Å². The quantitative estimate of drug-likeness (QED) is 0.486. The Morgan fingerprint density at radius 3 is 2.63 bits per heavy atom. The van der Waals surface area contributed by atoms with E-state index in [1.165, 1.54) is 12.1 Å². The van der Waals surface area contributed by atoms with Gasteiger partial charge in [-0.3, -0.25) is 9.78 Å². The number of nitrogens with zero attached hydrogens (tertiary/aromatic N) is 4. The van der Waals surface area contributed by atoms with Gasteiger partial charge in [-0.2, -0.15) is 13.2 Å². The molecule has 0 unspecified atom stereocenters. The molecule has 1 saturated carbocycles. The number of halogens is 6. The summed E-state index contributed by atoms with van der Waals surface area (Å²) in [5, 5.41) is 0. The van der Waals surface area contributed by atoms with E-state index in [1.54, 1.807) is 4.90 Å². The van der Waals surface area contributed by atoms with Crippen molar-refractivity contribution in [2.75, 3.05) is 26.3 Å². The summed E-state index contributed by atoms with van der Waals surface area (Å²) in [5.74, 6) is -2.87. The van der Waals surface area contributed by atoms with E-state index in [0.29, 0.717) is 30.9 Å². The van der Waals surface area contributed by atoms with Crippen molar-refractivity contribution in [1.29, 1.82) is 0 Å². The number of hydrogen-bond donors (Lipinski definition) is 0. The van der Waals surface area contributed by atoms with E-state index in [-0.39, 0.29) is 33.3 Å². The molecule has 0 atom stereocenters. The smallest absolute Gasteiger partial charge is 0.379 e. The van der Waals surface area contributed by atoms with E-state index >= 15 is 4.39 Å². The summed E-state index contributed by atoms with van der Waals surface area (Å²) in [6, 6.07) is 4.75. The van der Waals surface area contributed by atoms with Crippen molar-refractivity contribution in [3.8, 4) is 11.3 Å². The molecule has 0 bridgehead atoms. The Morgan fingerprint density at radius 1 is 1.20 bits per heavy atom. The first-order chi connectivity index (χ1) is 16.6. The van der Waals surface area contributed by atoms with Crippen molar-refractivity contribution in [3.63, 3.8) is 0 Å². The highest BCUT2D eigenvalue weighted by molar-refractivity contribution is 5.96. The Hall–Kier alpha value is -3.15. The largest absolute Gasteiger partial charge is 0.449 e. The molecular formula is C23H20F6N4O2. The number of rotatable bonds is 4. The molecule has 5 rings (SSSR count). The molecule has 1 aromatic carbocycles. The molecular weight excluding hydrogens is 478 g/mol. The van der Waals surface area contributed by atoms with Gasteiger partial charge >= 0.3 is 6.18 Å². The standard InChI is InChI=1S/C23H20F6N4O2/c24-15-9-13(1-2-14(15)20(34)32-7-8-35-12-22(11-32)4-5-22)18-19-16(3-6-30-18)33(10-17(25)26)21(31-19)23(27,28)29/h1-3,6,9,17H,4-5,7-8,10-12H2. The van der Waals surface area contributed by atoms with Crippen molar-refractivity contribution in [3.05, 3.63) is 47.7 Å². The van der Waals surface area contributed by atoms with Crippen molar-refractivity contribution in [2.24, 2.45) is 5.41 Å². The summed E-state index contributed by atoms with van der Waals surface area (Å²) in [6.07, 6.45) is -5.02. The Balaban J connectivity index is 1.51. The molecule has 35 heavy (non-hydrogen) atoms. The molecule has 0 N–H and O–H groups in total. The number of ether oxygens (including phenoxy) is 1. The fourth-order valence-electron chi connectivity index (χ4n) is 4.45. The predicted octanol–water partition coefficient (Wildman–Crippen LogP) is 4.77. The molecule has 1 aliphatic carbocycles. The Kier molecular flexibility index (Phi) is 5.73. The Morgan fingerprint density at radius 2 is 1.97 bits per heavy atom. The zero-order valence-electron chi connectivity index (χ0n) is 18.3. The monoisotopic (exact) mass is 498 g/mol. The van der Waals surface area contributed by atoms with E-state index in [1.807, 2.05) is 0 Å².